The lowest BCUT2D eigenvalue weighted by molar-refractivity contribution is -0.0402. The maximum Gasteiger partial charge on any atom is 0.248 e. The third-order valence-electron chi connectivity index (χ3n) is 4.51. The van der Waals surface area contributed by atoms with Crippen LogP contribution in [0.5, 0.6) is 0 Å². The van der Waals surface area contributed by atoms with Gasteiger partial charge in [-0.1, -0.05) is 5.16 Å². The molecule has 1 atom stereocenters. The number of nitrogens with zero attached hydrogens (tertiary/aromatic N) is 3. The minimum atomic E-state index is -2.54. The third kappa shape index (κ3) is 3.58. The van der Waals surface area contributed by atoms with Crippen molar-refractivity contribution in [1.29, 1.82) is 0 Å². The van der Waals surface area contributed by atoms with Crippen LogP contribution in [0.25, 0.3) is 0 Å². The van der Waals surface area contributed by atoms with E-state index < -0.39 is 5.92 Å². The van der Waals surface area contributed by atoms with Gasteiger partial charge in [0, 0.05) is 25.3 Å². The summed E-state index contributed by atoms with van der Waals surface area (Å²) >= 11 is 0. The Morgan fingerprint density at radius 2 is 1.95 bits per heavy atom. The number of alkyl halides is 2. The summed E-state index contributed by atoms with van der Waals surface area (Å²) in [5.74, 6) is -1.62. The van der Waals surface area contributed by atoms with E-state index in [1.54, 1.807) is 0 Å². The van der Waals surface area contributed by atoms with Gasteiger partial charge in [-0.05, 0) is 38.8 Å². The minimum absolute atomic E-state index is 0.0511. The van der Waals surface area contributed by atoms with E-state index in [0.717, 1.165) is 19.6 Å². The normalized spacial score (nSPS) is 25.3. The van der Waals surface area contributed by atoms with Crippen LogP contribution in [0.4, 0.5) is 8.78 Å². The molecule has 0 spiro atoms. The summed E-state index contributed by atoms with van der Waals surface area (Å²) in [5.41, 5.74) is 6.11. The first-order valence-corrected chi connectivity index (χ1v) is 7.73. The Balaban J connectivity index is 1.58. The van der Waals surface area contributed by atoms with Crippen LogP contribution in [-0.2, 0) is 0 Å². The van der Waals surface area contributed by atoms with Crippen molar-refractivity contribution < 1.29 is 13.3 Å². The van der Waals surface area contributed by atoms with E-state index in [-0.39, 0.29) is 24.8 Å². The first kappa shape index (κ1) is 14.8. The van der Waals surface area contributed by atoms with Crippen molar-refractivity contribution in [2.45, 2.75) is 56.4 Å². The summed E-state index contributed by atoms with van der Waals surface area (Å²) in [6, 6.07) is -0.273. The van der Waals surface area contributed by atoms with Crippen LogP contribution >= 0.6 is 0 Å². The van der Waals surface area contributed by atoms with Crippen LogP contribution in [0.15, 0.2) is 4.52 Å². The summed E-state index contributed by atoms with van der Waals surface area (Å²) in [7, 11) is 0. The average molecular weight is 300 g/mol. The number of halogens is 2. The molecule has 1 saturated heterocycles. The van der Waals surface area contributed by atoms with Crippen molar-refractivity contribution in [1.82, 2.24) is 15.0 Å². The Kier molecular flexibility index (Phi) is 4.21. The van der Waals surface area contributed by atoms with E-state index in [9.17, 15) is 8.78 Å². The maximum atomic E-state index is 13.2. The number of rotatable bonds is 4. The Morgan fingerprint density at radius 3 is 2.62 bits per heavy atom. The number of nitrogens with two attached hydrogens (primary N) is 1. The smallest absolute Gasteiger partial charge is 0.248 e. The summed E-state index contributed by atoms with van der Waals surface area (Å²) < 4.78 is 31.6. The lowest BCUT2D eigenvalue weighted by Gasteiger charge is -2.25. The molecule has 0 amide bonds. The summed E-state index contributed by atoms with van der Waals surface area (Å²) in [6.07, 6.45) is 3.01. The van der Waals surface area contributed by atoms with Crippen LogP contribution in [0.1, 0.15) is 62.2 Å². The van der Waals surface area contributed by atoms with Crippen molar-refractivity contribution in [2.75, 3.05) is 19.6 Å². The van der Waals surface area contributed by atoms with Gasteiger partial charge in [-0.25, -0.2) is 8.78 Å². The quantitative estimate of drug-likeness (QED) is 0.925. The Labute approximate surface area is 122 Å². The molecular weight excluding hydrogens is 278 g/mol. The van der Waals surface area contributed by atoms with E-state index in [4.69, 9.17) is 10.3 Å². The van der Waals surface area contributed by atoms with E-state index in [1.807, 2.05) is 0 Å². The standard InChI is InChI=1S/C14H22F2N4O/c15-14(16)5-3-10(4-6-14)13-18-12(19-21-13)11(17)9-20-7-1-2-8-20/h10-11H,1-9,17H2. The van der Waals surface area contributed by atoms with Gasteiger partial charge < -0.3 is 15.2 Å². The first-order valence-electron chi connectivity index (χ1n) is 7.73. The van der Waals surface area contributed by atoms with Crippen LogP contribution in [0.3, 0.4) is 0 Å². The topological polar surface area (TPSA) is 68.2 Å². The zero-order chi connectivity index (χ0) is 14.9. The predicted molar refractivity (Wildman–Crippen MR) is 73.1 cm³/mol. The van der Waals surface area contributed by atoms with E-state index in [1.165, 1.54) is 12.8 Å². The van der Waals surface area contributed by atoms with Crippen molar-refractivity contribution in [3.05, 3.63) is 11.7 Å². The molecule has 0 radical (unpaired) electrons. The van der Waals surface area contributed by atoms with Crippen molar-refractivity contribution in [3.8, 4) is 0 Å². The average Bonchev–Trinajstić information content (AvgIpc) is 3.09. The molecule has 2 N–H and O–H groups in total. The molecule has 3 rings (SSSR count). The molecule has 2 fully saturated rings. The zero-order valence-electron chi connectivity index (χ0n) is 12.1. The predicted octanol–water partition coefficient (Wildman–Crippen LogP) is 2.46. The molecular formula is C14H22F2N4O. The number of likely N-dealkylation sites (tertiary alicyclic amines) is 1. The summed E-state index contributed by atoms with van der Waals surface area (Å²) in [6.45, 7) is 2.86. The van der Waals surface area contributed by atoms with Gasteiger partial charge in [0.1, 0.15) is 0 Å². The van der Waals surface area contributed by atoms with Gasteiger partial charge in [-0.2, -0.15) is 4.98 Å². The van der Waals surface area contributed by atoms with Crippen LogP contribution in [-0.4, -0.2) is 40.6 Å². The second-order valence-electron chi connectivity index (χ2n) is 6.24. The highest BCUT2D eigenvalue weighted by atomic mass is 19.3. The highest BCUT2D eigenvalue weighted by molar-refractivity contribution is 5.01. The third-order valence-corrected chi connectivity index (χ3v) is 4.51. The molecule has 1 saturated carbocycles. The van der Waals surface area contributed by atoms with Gasteiger partial charge in [0.15, 0.2) is 5.82 Å². The molecule has 5 nitrogen and oxygen atoms in total. The highest BCUT2D eigenvalue weighted by Gasteiger charge is 2.37. The molecule has 118 valence electrons. The Bertz CT molecular complexity index is 463. The molecule has 2 heterocycles. The van der Waals surface area contributed by atoms with Crippen LogP contribution in [0, 0.1) is 0 Å². The molecule has 0 aromatic carbocycles. The molecule has 1 aromatic rings. The van der Waals surface area contributed by atoms with Crippen molar-refractivity contribution in [3.63, 3.8) is 0 Å². The Morgan fingerprint density at radius 1 is 1.29 bits per heavy atom. The Hall–Kier alpha value is -1.08. The number of hydrogen-bond donors (Lipinski definition) is 1. The maximum absolute atomic E-state index is 13.2. The number of hydrogen-bond acceptors (Lipinski definition) is 5. The van der Waals surface area contributed by atoms with Crippen molar-refractivity contribution in [2.24, 2.45) is 5.73 Å². The molecule has 1 aliphatic carbocycles. The second kappa shape index (κ2) is 5.96. The van der Waals surface area contributed by atoms with Gasteiger partial charge in [0.05, 0.1) is 6.04 Å². The van der Waals surface area contributed by atoms with Gasteiger partial charge in [-0.3, -0.25) is 0 Å². The molecule has 21 heavy (non-hydrogen) atoms. The molecule has 0 bridgehead atoms. The van der Waals surface area contributed by atoms with Gasteiger partial charge >= 0.3 is 0 Å². The molecule has 2 aliphatic rings. The van der Waals surface area contributed by atoms with E-state index in [2.05, 4.69) is 15.0 Å². The monoisotopic (exact) mass is 300 g/mol. The second-order valence-corrected chi connectivity index (χ2v) is 6.24. The van der Waals surface area contributed by atoms with E-state index >= 15 is 0 Å². The molecule has 1 aromatic heterocycles. The van der Waals surface area contributed by atoms with Crippen molar-refractivity contribution >= 4 is 0 Å². The fourth-order valence-electron chi connectivity index (χ4n) is 3.18. The largest absolute Gasteiger partial charge is 0.339 e. The fraction of sp³-hybridized carbons (Fsp3) is 0.857. The lowest BCUT2D eigenvalue weighted by atomic mass is 9.87. The molecule has 1 unspecified atom stereocenters. The van der Waals surface area contributed by atoms with Crippen LogP contribution in [0.2, 0.25) is 0 Å². The molecule has 1 aliphatic heterocycles. The SMILES string of the molecule is NC(CN1CCCC1)c1noc(C2CCC(F)(F)CC2)n1. The fourth-order valence-corrected chi connectivity index (χ4v) is 3.18. The lowest BCUT2D eigenvalue weighted by Crippen LogP contribution is -2.30. The van der Waals surface area contributed by atoms with Gasteiger partial charge in [0.25, 0.3) is 0 Å². The zero-order valence-corrected chi connectivity index (χ0v) is 12.1. The van der Waals surface area contributed by atoms with E-state index in [0.29, 0.717) is 24.6 Å². The molecule has 7 heteroatoms. The van der Waals surface area contributed by atoms with Gasteiger partial charge in [0.2, 0.25) is 11.8 Å². The van der Waals surface area contributed by atoms with Gasteiger partial charge in [-0.15, -0.1) is 0 Å². The van der Waals surface area contributed by atoms with Crippen LogP contribution < -0.4 is 5.73 Å². The highest BCUT2D eigenvalue weighted by Crippen LogP contribution is 2.40. The minimum Gasteiger partial charge on any atom is -0.339 e. The summed E-state index contributed by atoms with van der Waals surface area (Å²) in [5, 5.41) is 3.94. The summed E-state index contributed by atoms with van der Waals surface area (Å²) in [4.78, 5) is 6.64. The number of aromatic nitrogens is 2. The first-order chi connectivity index (χ1) is 10.0.